The maximum atomic E-state index is 12.2. The summed E-state index contributed by atoms with van der Waals surface area (Å²) in [4.78, 5) is 14.1. The third kappa shape index (κ3) is 5.01. The van der Waals surface area contributed by atoms with Gasteiger partial charge in [0.2, 0.25) is 0 Å². The van der Waals surface area contributed by atoms with E-state index in [0.717, 1.165) is 25.8 Å². The van der Waals surface area contributed by atoms with E-state index >= 15 is 0 Å². The number of hydrogen-bond acceptors (Lipinski definition) is 3. The molecule has 19 heavy (non-hydrogen) atoms. The summed E-state index contributed by atoms with van der Waals surface area (Å²) in [6.45, 7) is 12.4. The SMILES string of the molecule is CC(O)CCC1CN(C(=O)OC(C)(C)C)C(C)(C)C1. The third-order valence-electron chi connectivity index (χ3n) is 3.57. The van der Waals surface area contributed by atoms with Crippen LogP contribution in [0.1, 0.15) is 60.8 Å². The summed E-state index contributed by atoms with van der Waals surface area (Å²) in [5, 5.41) is 9.37. The first-order valence-electron chi connectivity index (χ1n) is 7.20. The van der Waals surface area contributed by atoms with Gasteiger partial charge in [0.25, 0.3) is 0 Å². The molecule has 1 aliphatic rings. The molecule has 0 radical (unpaired) electrons. The second-order valence-electron chi connectivity index (χ2n) is 7.40. The number of likely N-dealkylation sites (tertiary alicyclic amines) is 1. The van der Waals surface area contributed by atoms with E-state index in [9.17, 15) is 9.90 Å². The minimum atomic E-state index is -0.454. The van der Waals surface area contributed by atoms with Crippen LogP contribution < -0.4 is 0 Å². The molecule has 0 aromatic rings. The van der Waals surface area contributed by atoms with Crippen LogP contribution in [-0.4, -0.2) is 39.9 Å². The molecule has 1 rings (SSSR count). The van der Waals surface area contributed by atoms with Gasteiger partial charge in [0.1, 0.15) is 5.60 Å². The highest BCUT2D eigenvalue weighted by atomic mass is 16.6. The van der Waals surface area contributed by atoms with Gasteiger partial charge in [-0.2, -0.15) is 0 Å². The normalized spacial score (nSPS) is 24.4. The second-order valence-corrected chi connectivity index (χ2v) is 7.40. The lowest BCUT2D eigenvalue weighted by Gasteiger charge is -2.33. The van der Waals surface area contributed by atoms with E-state index in [1.54, 1.807) is 0 Å². The van der Waals surface area contributed by atoms with Crippen LogP contribution in [0.15, 0.2) is 0 Å². The maximum absolute atomic E-state index is 12.2. The molecule has 1 heterocycles. The van der Waals surface area contributed by atoms with Crippen molar-refractivity contribution >= 4 is 6.09 Å². The summed E-state index contributed by atoms with van der Waals surface area (Å²) in [7, 11) is 0. The smallest absolute Gasteiger partial charge is 0.410 e. The number of amides is 1. The highest BCUT2D eigenvalue weighted by Gasteiger charge is 2.42. The first-order valence-corrected chi connectivity index (χ1v) is 7.20. The fourth-order valence-electron chi connectivity index (χ4n) is 2.70. The quantitative estimate of drug-likeness (QED) is 0.857. The number of nitrogens with zero attached hydrogens (tertiary/aromatic N) is 1. The Balaban J connectivity index is 2.61. The van der Waals surface area contributed by atoms with Gasteiger partial charge >= 0.3 is 6.09 Å². The third-order valence-corrected chi connectivity index (χ3v) is 3.57. The molecule has 0 aromatic heterocycles. The first-order chi connectivity index (χ1) is 8.51. The van der Waals surface area contributed by atoms with Crippen LogP contribution >= 0.6 is 0 Å². The van der Waals surface area contributed by atoms with Crippen molar-refractivity contribution < 1.29 is 14.6 Å². The average molecular weight is 271 g/mol. The summed E-state index contributed by atoms with van der Waals surface area (Å²) in [6.07, 6.45) is 2.23. The van der Waals surface area contributed by atoms with Gasteiger partial charge < -0.3 is 14.7 Å². The summed E-state index contributed by atoms with van der Waals surface area (Å²) in [6, 6.07) is 0. The van der Waals surface area contributed by atoms with E-state index in [0.29, 0.717) is 5.92 Å². The van der Waals surface area contributed by atoms with Gasteiger partial charge in [-0.1, -0.05) is 0 Å². The molecule has 2 atom stereocenters. The number of carbonyl (C=O) groups excluding carboxylic acids is 1. The van der Waals surface area contributed by atoms with Crippen LogP contribution in [0.5, 0.6) is 0 Å². The van der Waals surface area contributed by atoms with E-state index in [-0.39, 0.29) is 17.7 Å². The van der Waals surface area contributed by atoms with E-state index in [1.165, 1.54) is 0 Å². The molecule has 2 unspecified atom stereocenters. The standard InChI is InChI=1S/C15H29NO3/c1-11(17)7-8-12-9-15(5,6)16(10-12)13(18)19-14(2,3)4/h11-12,17H,7-10H2,1-6H3. The van der Waals surface area contributed by atoms with Crippen molar-refractivity contribution in [1.82, 2.24) is 4.90 Å². The lowest BCUT2D eigenvalue weighted by molar-refractivity contribution is 0.0130. The molecule has 0 spiro atoms. The molecule has 0 bridgehead atoms. The van der Waals surface area contributed by atoms with Crippen molar-refractivity contribution in [3.63, 3.8) is 0 Å². The first kappa shape index (κ1) is 16.3. The van der Waals surface area contributed by atoms with Gasteiger partial charge in [-0.15, -0.1) is 0 Å². The molecule has 1 saturated heterocycles. The summed E-state index contributed by atoms with van der Waals surface area (Å²) >= 11 is 0. The maximum Gasteiger partial charge on any atom is 0.410 e. The molecule has 1 amide bonds. The van der Waals surface area contributed by atoms with Gasteiger partial charge in [-0.05, 0) is 66.7 Å². The van der Waals surface area contributed by atoms with Gasteiger partial charge in [0, 0.05) is 12.1 Å². The molecule has 4 nitrogen and oxygen atoms in total. The fraction of sp³-hybridized carbons (Fsp3) is 0.933. The van der Waals surface area contributed by atoms with Gasteiger partial charge in [-0.3, -0.25) is 0 Å². The minimum Gasteiger partial charge on any atom is -0.444 e. The molecule has 4 heteroatoms. The molecule has 0 aromatic carbocycles. The number of aliphatic hydroxyl groups excluding tert-OH is 1. The van der Waals surface area contributed by atoms with Crippen LogP contribution in [0.25, 0.3) is 0 Å². The minimum absolute atomic E-state index is 0.161. The highest BCUT2D eigenvalue weighted by Crippen LogP contribution is 2.36. The van der Waals surface area contributed by atoms with Crippen molar-refractivity contribution in [1.29, 1.82) is 0 Å². The van der Waals surface area contributed by atoms with Crippen LogP contribution in [0, 0.1) is 5.92 Å². The molecule has 1 aliphatic heterocycles. The van der Waals surface area contributed by atoms with Crippen molar-refractivity contribution in [3.05, 3.63) is 0 Å². The van der Waals surface area contributed by atoms with Crippen LogP contribution in [0.4, 0.5) is 4.79 Å². The largest absolute Gasteiger partial charge is 0.444 e. The van der Waals surface area contributed by atoms with Gasteiger partial charge in [0.05, 0.1) is 6.10 Å². The Hall–Kier alpha value is -0.770. The summed E-state index contributed by atoms with van der Waals surface area (Å²) < 4.78 is 5.47. The van der Waals surface area contributed by atoms with E-state index in [1.807, 2.05) is 32.6 Å². The Morgan fingerprint density at radius 3 is 2.53 bits per heavy atom. The van der Waals surface area contributed by atoms with Crippen molar-refractivity contribution in [3.8, 4) is 0 Å². The Labute approximate surface area is 117 Å². The molecule has 0 aliphatic carbocycles. The lowest BCUT2D eigenvalue weighted by atomic mass is 9.93. The topological polar surface area (TPSA) is 49.8 Å². The zero-order chi connectivity index (χ0) is 14.8. The van der Waals surface area contributed by atoms with Crippen LogP contribution in [0.2, 0.25) is 0 Å². The van der Waals surface area contributed by atoms with E-state index in [2.05, 4.69) is 13.8 Å². The molecular formula is C15H29NO3. The molecule has 1 fully saturated rings. The number of ether oxygens (including phenoxy) is 1. The van der Waals surface area contributed by atoms with Crippen LogP contribution in [0.3, 0.4) is 0 Å². The fourth-order valence-corrected chi connectivity index (χ4v) is 2.70. The van der Waals surface area contributed by atoms with Gasteiger partial charge in [0.15, 0.2) is 0 Å². The second kappa shape index (κ2) is 5.70. The Kier molecular flexibility index (Phi) is 4.88. The lowest BCUT2D eigenvalue weighted by Crippen LogP contribution is -2.45. The number of rotatable bonds is 3. The highest BCUT2D eigenvalue weighted by molar-refractivity contribution is 5.69. The number of aliphatic hydroxyl groups is 1. The number of carbonyl (C=O) groups is 1. The average Bonchev–Trinajstić information content (AvgIpc) is 2.48. The summed E-state index contributed by atoms with van der Waals surface area (Å²) in [5.74, 6) is 0.456. The van der Waals surface area contributed by atoms with Crippen molar-refractivity contribution in [2.24, 2.45) is 5.92 Å². The summed E-state index contributed by atoms with van der Waals surface area (Å²) in [5.41, 5.74) is -0.615. The van der Waals surface area contributed by atoms with Crippen molar-refractivity contribution in [2.45, 2.75) is 78.0 Å². The Bertz CT molecular complexity index is 318. The van der Waals surface area contributed by atoms with Gasteiger partial charge in [-0.25, -0.2) is 4.79 Å². The zero-order valence-corrected chi connectivity index (χ0v) is 13.2. The predicted molar refractivity (Wildman–Crippen MR) is 76.0 cm³/mol. The zero-order valence-electron chi connectivity index (χ0n) is 13.2. The Morgan fingerprint density at radius 2 is 2.05 bits per heavy atom. The van der Waals surface area contributed by atoms with E-state index < -0.39 is 5.60 Å². The van der Waals surface area contributed by atoms with E-state index in [4.69, 9.17) is 4.74 Å². The molecular weight excluding hydrogens is 242 g/mol. The molecule has 112 valence electrons. The van der Waals surface area contributed by atoms with Crippen molar-refractivity contribution in [2.75, 3.05) is 6.54 Å². The van der Waals surface area contributed by atoms with Crippen LogP contribution in [-0.2, 0) is 4.74 Å². The molecule has 0 saturated carbocycles. The monoisotopic (exact) mass is 271 g/mol. The predicted octanol–water partition coefficient (Wildman–Crippen LogP) is 3.18. The molecule has 1 N–H and O–H groups in total. The Morgan fingerprint density at radius 1 is 1.47 bits per heavy atom. The number of hydrogen-bond donors (Lipinski definition) is 1.